The number of ether oxygens (including phenoxy) is 1. The number of hydrogen-bond acceptors (Lipinski definition) is 9. The smallest absolute Gasteiger partial charge is 0.338 e. The van der Waals surface area contributed by atoms with Gasteiger partial charge < -0.3 is 25.0 Å². The van der Waals surface area contributed by atoms with Gasteiger partial charge in [-0.15, -0.1) is 11.3 Å². The maximum atomic E-state index is 14.6. The van der Waals surface area contributed by atoms with Crippen molar-refractivity contribution in [2.45, 2.75) is 51.4 Å². The van der Waals surface area contributed by atoms with Crippen molar-refractivity contribution >= 4 is 46.7 Å². The van der Waals surface area contributed by atoms with Gasteiger partial charge in [-0.3, -0.25) is 14.7 Å². The molecule has 14 heteroatoms. The Hall–Kier alpha value is -3.55. The number of thiazole rings is 1. The molecule has 0 spiro atoms. The van der Waals surface area contributed by atoms with E-state index >= 15 is 0 Å². The number of aromatic nitrogens is 1. The molecular formula is C28H32ClFN6O5S. The number of carboxylic acid groups (broad SMARTS) is 1. The fourth-order valence-electron chi connectivity index (χ4n) is 5.65. The van der Waals surface area contributed by atoms with Crippen LogP contribution in [0.25, 0.3) is 0 Å². The van der Waals surface area contributed by atoms with E-state index < -0.39 is 41.4 Å². The molecule has 2 saturated heterocycles. The molecular weight excluding hydrogens is 587 g/mol. The molecule has 1 aromatic carbocycles. The van der Waals surface area contributed by atoms with Crippen molar-refractivity contribution in [1.82, 2.24) is 25.0 Å². The van der Waals surface area contributed by atoms with Crippen molar-refractivity contribution in [3.63, 3.8) is 0 Å². The Balaban J connectivity index is 1.58. The van der Waals surface area contributed by atoms with E-state index in [1.807, 2.05) is 20.8 Å². The second-order valence-corrected chi connectivity index (χ2v) is 12.4. The zero-order chi connectivity index (χ0) is 30.3. The van der Waals surface area contributed by atoms with E-state index in [0.717, 1.165) is 0 Å². The van der Waals surface area contributed by atoms with Crippen LogP contribution in [0.2, 0.25) is 5.02 Å². The highest BCUT2D eigenvalue weighted by Crippen LogP contribution is 2.38. The minimum absolute atomic E-state index is 0.00695. The number of esters is 1. The first-order valence-corrected chi connectivity index (χ1v) is 14.8. The van der Waals surface area contributed by atoms with Crippen LogP contribution in [0, 0.1) is 5.82 Å². The Bertz CT molecular complexity index is 1460. The van der Waals surface area contributed by atoms with Crippen molar-refractivity contribution in [3.05, 3.63) is 62.5 Å². The molecule has 5 rings (SSSR count). The van der Waals surface area contributed by atoms with Crippen LogP contribution < -0.4 is 5.32 Å². The summed E-state index contributed by atoms with van der Waals surface area (Å²) >= 11 is 7.71. The molecule has 224 valence electrons. The van der Waals surface area contributed by atoms with Crippen molar-refractivity contribution in [3.8, 4) is 0 Å². The third kappa shape index (κ3) is 5.48. The van der Waals surface area contributed by atoms with Crippen LogP contribution in [-0.4, -0.2) is 99.0 Å². The number of urea groups is 1. The summed E-state index contributed by atoms with van der Waals surface area (Å²) in [7, 11) is 0. The van der Waals surface area contributed by atoms with E-state index in [1.165, 1.54) is 23.5 Å². The quantitative estimate of drug-likeness (QED) is 0.451. The minimum Gasteiger partial charge on any atom is -0.480 e. The molecule has 2 aromatic rings. The third-order valence-electron chi connectivity index (χ3n) is 7.59. The van der Waals surface area contributed by atoms with Crippen LogP contribution in [0.4, 0.5) is 9.18 Å². The standard InChI is InChI=1S/C28H32ClFN6O5S/c1-5-41-26(39)19-17(13-34-10-11-35-18(22(34)25(37)38)14-36(27(35)40)28(2,3)4)32-23(24-31-9-12-42-24)33-21(19)15-7-6-8-16(30)20(15)29/h6-9,12,18,21-22H,5,10-11,13-14H2,1-4H3,(H,32,33)(H,37,38)/t18-,21+,22?/m1/s1. The van der Waals surface area contributed by atoms with Crippen LogP contribution in [0.3, 0.4) is 0 Å². The Morgan fingerprint density at radius 2 is 2.05 bits per heavy atom. The zero-order valence-electron chi connectivity index (χ0n) is 23.6. The van der Waals surface area contributed by atoms with Crippen molar-refractivity contribution in [1.29, 1.82) is 0 Å². The highest BCUT2D eigenvalue weighted by Gasteiger charge is 2.52. The Morgan fingerprint density at radius 1 is 1.29 bits per heavy atom. The fourth-order valence-corrected chi connectivity index (χ4v) is 6.47. The Kier molecular flexibility index (Phi) is 8.28. The first-order valence-electron chi connectivity index (χ1n) is 13.6. The van der Waals surface area contributed by atoms with Crippen molar-refractivity contribution in [2.24, 2.45) is 4.99 Å². The number of carbonyl (C=O) groups is 3. The summed E-state index contributed by atoms with van der Waals surface area (Å²) in [6.07, 6.45) is 1.61. The molecule has 3 atom stereocenters. The molecule has 0 radical (unpaired) electrons. The number of piperazine rings is 1. The molecule has 2 N–H and O–H groups in total. The van der Waals surface area contributed by atoms with Crippen LogP contribution in [-0.2, 0) is 14.3 Å². The normalized spacial score (nSPS) is 23.0. The molecule has 0 bridgehead atoms. The van der Waals surface area contributed by atoms with E-state index in [0.29, 0.717) is 23.1 Å². The Labute approximate surface area is 251 Å². The monoisotopic (exact) mass is 618 g/mol. The number of aliphatic carboxylic acids is 1. The number of carboxylic acids is 1. The average molecular weight is 619 g/mol. The lowest BCUT2D eigenvalue weighted by molar-refractivity contribution is -0.147. The molecule has 42 heavy (non-hydrogen) atoms. The SMILES string of the molecule is CCOC(=O)C1=C(CN2CCN3C(=O)N(C(C)(C)C)C[C@@H]3C2C(=O)O)NC(c2nccs2)=N[C@H]1c1cccc(F)c1Cl. The van der Waals surface area contributed by atoms with Gasteiger partial charge in [0.15, 0.2) is 10.8 Å². The second-order valence-electron chi connectivity index (χ2n) is 11.2. The fraction of sp³-hybridized carbons (Fsp3) is 0.464. The van der Waals surface area contributed by atoms with E-state index in [-0.39, 0.29) is 48.4 Å². The third-order valence-corrected chi connectivity index (χ3v) is 8.77. The van der Waals surface area contributed by atoms with Crippen LogP contribution in [0.5, 0.6) is 0 Å². The van der Waals surface area contributed by atoms with Crippen LogP contribution in [0.15, 0.2) is 46.0 Å². The van der Waals surface area contributed by atoms with Crippen LogP contribution in [0.1, 0.15) is 44.3 Å². The van der Waals surface area contributed by atoms with Gasteiger partial charge in [0.2, 0.25) is 0 Å². The van der Waals surface area contributed by atoms with E-state index in [4.69, 9.17) is 21.3 Å². The average Bonchev–Trinajstić information content (AvgIpc) is 3.58. The van der Waals surface area contributed by atoms with Gasteiger partial charge in [0.05, 0.1) is 23.2 Å². The second kappa shape index (κ2) is 11.6. The number of halogens is 2. The largest absolute Gasteiger partial charge is 0.480 e. The minimum atomic E-state index is -1.08. The number of rotatable bonds is 7. The molecule has 1 unspecified atom stereocenters. The summed E-state index contributed by atoms with van der Waals surface area (Å²) in [6.45, 7) is 8.28. The number of benzene rings is 1. The lowest BCUT2D eigenvalue weighted by Crippen LogP contribution is -2.62. The molecule has 0 saturated carbocycles. The summed E-state index contributed by atoms with van der Waals surface area (Å²) in [5, 5.41) is 15.7. The van der Waals surface area contributed by atoms with E-state index in [1.54, 1.807) is 39.3 Å². The van der Waals surface area contributed by atoms with Gasteiger partial charge in [-0.1, -0.05) is 23.7 Å². The van der Waals surface area contributed by atoms with E-state index in [9.17, 15) is 23.9 Å². The van der Waals surface area contributed by atoms with Gasteiger partial charge in [0.1, 0.15) is 17.9 Å². The number of amidine groups is 1. The highest BCUT2D eigenvalue weighted by atomic mass is 35.5. The van der Waals surface area contributed by atoms with Gasteiger partial charge in [0, 0.05) is 54.6 Å². The predicted octanol–water partition coefficient (Wildman–Crippen LogP) is 3.52. The summed E-state index contributed by atoms with van der Waals surface area (Å²) in [6, 6.07) is 1.40. The molecule has 0 aliphatic carbocycles. The summed E-state index contributed by atoms with van der Waals surface area (Å²) in [4.78, 5) is 53.5. The first-order chi connectivity index (χ1) is 19.9. The number of carbonyl (C=O) groups excluding carboxylic acids is 2. The molecule has 2 fully saturated rings. The van der Waals surface area contributed by atoms with Gasteiger partial charge in [-0.05, 0) is 33.8 Å². The number of amides is 2. The van der Waals surface area contributed by atoms with Gasteiger partial charge in [0.25, 0.3) is 0 Å². The summed E-state index contributed by atoms with van der Waals surface area (Å²) in [5.41, 5.74) is 0.212. The number of nitrogens with one attached hydrogen (secondary N) is 1. The van der Waals surface area contributed by atoms with Crippen molar-refractivity contribution in [2.75, 3.05) is 32.8 Å². The molecule has 2 amide bonds. The topological polar surface area (TPSA) is 128 Å². The predicted molar refractivity (Wildman–Crippen MR) is 155 cm³/mol. The molecule has 11 nitrogen and oxygen atoms in total. The number of fused-ring (bicyclic) bond motifs is 1. The summed E-state index contributed by atoms with van der Waals surface area (Å²) in [5.74, 6) is -2.10. The van der Waals surface area contributed by atoms with Crippen molar-refractivity contribution < 1.29 is 28.6 Å². The Morgan fingerprint density at radius 3 is 2.69 bits per heavy atom. The molecule has 1 aromatic heterocycles. The van der Waals surface area contributed by atoms with Gasteiger partial charge in [-0.25, -0.2) is 19.0 Å². The van der Waals surface area contributed by atoms with E-state index in [2.05, 4.69) is 10.3 Å². The van der Waals surface area contributed by atoms with Gasteiger partial charge >= 0.3 is 18.0 Å². The first kappa shape index (κ1) is 29.9. The maximum absolute atomic E-state index is 14.6. The van der Waals surface area contributed by atoms with Crippen LogP contribution >= 0.6 is 22.9 Å². The number of hydrogen-bond donors (Lipinski definition) is 2. The highest BCUT2D eigenvalue weighted by molar-refractivity contribution is 7.11. The molecule has 3 aliphatic heterocycles. The van der Waals surface area contributed by atoms with Gasteiger partial charge in [-0.2, -0.15) is 0 Å². The lowest BCUT2D eigenvalue weighted by atomic mass is 9.94. The number of nitrogens with zero attached hydrogens (tertiary/aromatic N) is 5. The maximum Gasteiger partial charge on any atom is 0.338 e. The lowest BCUT2D eigenvalue weighted by Gasteiger charge is -2.42. The summed E-state index contributed by atoms with van der Waals surface area (Å²) < 4.78 is 20.0. The molecule has 4 heterocycles. The number of aliphatic imine (C=N–C) groups is 1. The zero-order valence-corrected chi connectivity index (χ0v) is 25.2. The molecule has 3 aliphatic rings.